The van der Waals surface area contributed by atoms with Crippen molar-refractivity contribution in [3.8, 4) is 6.07 Å². The second-order valence-electron chi connectivity index (χ2n) is 2.07. The molecule has 0 aromatic heterocycles. The number of nitrogens with zero attached hydrogens (tertiary/aromatic N) is 1. The van der Waals surface area contributed by atoms with Crippen molar-refractivity contribution in [1.29, 1.82) is 5.26 Å². The molecule has 0 aliphatic rings. The van der Waals surface area contributed by atoms with Crippen molar-refractivity contribution in [1.82, 2.24) is 0 Å². The summed E-state index contributed by atoms with van der Waals surface area (Å²) in [7, 11) is 0. The van der Waals surface area contributed by atoms with Gasteiger partial charge in [-0.2, -0.15) is 5.26 Å². The zero-order valence-corrected chi connectivity index (χ0v) is 5.68. The molecule has 0 aliphatic heterocycles. The lowest BCUT2D eigenvalue weighted by atomic mass is 10.1. The monoisotopic (exact) mass is 125 g/mol. The predicted octanol–water partition coefficient (Wildman–Crippen LogP) is 1.66. The van der Waals surface area contributed by atoms with Crippen molar-refractivity contribution in [2.24, 2.45) is 0 Å². The van der Waals surface area contributed by atoms with Crippen LogP contribution in [0.2, 0.25) is 0 Å². The van der Waals surface area contributed by atoms with Crippen LogP contribution in [0.5, 0.6) is 0 Å². The van der Waals surface area contributed by atoms with E-state index in [1.54, 1.807) is 6.92 Å². The highest BCUT2D eigenvalue weighted by Crippen LogP contribution is 1.98. The fraction of sp³-hybridized carbons (Fsp3) is 0.714. The lowest BCUT2D eigenvalue weighted by Crippen LogP contribution is -1.88. The maximum Gasteiger partial charge on any atom is 0.129 e. The summed E-state index contributed by atoms with van der Waals surface area (Å²) < 4.78 is 0. The van der Waals surface area contributed by atoms with Gasteiger partial charge in [0, 0.05) is 12.8 Å². The molecule has 0 aromatic rings. The number of ketones is 1. The van der Waals surface area contributed by atoms with E-state index in [2.05, 4.69) is 0 Å². The summed E-state index contributed by atoms with van der Waals surface area (Å²) in [5.41, 5.74) is 0. The summed E-state index contributed by atoms with van der Waals surface area (Å²) in [4.78, 5) is 10.3. The van der Waals surface area contributed by atoms with Crippen molar-refractivity contribution < 1.29 is 4.79 Å². The molecule has 0 amide bonds. The highest BCUT2D eigenvalue weighted by Gasteiger charge is 1.91. The van der Waals surface area contributed by atoms with Crippen LogP contribution in [0.25, 0.3) is 0 Å². The molecule has 2 nitrogen and oxygen atoms in total. The van der Waals surface area contributed by atoms with Crippen LogP contribution >= 0.6 is 0 Å². The van der Waals surface area contributed by atoms with Gasteiger partial charge in [0.25, 0.3) is 0 Å². The van der Waals surface area contributed by atoms with Crippen LogP contribution in [0.15, 0.2) is 0 Å². The molecule has 0 aromatic carbocycles. The summed E-state index contributed by atoms with van der Waals surface area (Å²) in [5.74, 6) is 0.216. The first kappa shape index (κ1) is 8.16. The highest BCUT2D eigenvalue weighted by atomic mass is 16.1. The van der Waals surface area contributed by atoms with E-state index in [9.17, 15) is 4.79 Å². The molecule has 0 aliphatic carbocycles. The van der Waals surface area contributed by atoms with Gasteiger partial charge < -0.3 is 4.79 Å². The van der Waals surface area contributed by atoms with E-state index in [0.29, 0.717) is 12.8 Å². The Hall–Kier alpha value is -0.840. The van der Waals surface area contributed by atoms with Crippen molar-refractivity contribution in [3.63, 3.8) is 0 Å². The third-order valence-corrected chi connectivity index (χ3v) is 1.07. The van der Waals surface area contributed by atoms with Gasteiger partial charge in [0.15, 0.2) is 0 Å². The van der Waals surface area contributed by atoms with Gasteiger partial charge in [-0.1, -0.05) is 0 Å². The molecule has 0 rings (SSSR count). The van der Waals surface area contributed by atoms with Crippen molar-refractivity contribution in [2.75, 3.05) is 0 Å². The Morgan fingerprint density at radius 1 is 1.56 bits per heavy atom. The Morgan fingerprint density at radius 3 is 2.67 bits per heavy atom. The fourth-order valence-electron chi connectivity index (χ4n) is 0.578. The van der Waals surface area contributed by atoms with E-state index in [-0.39, 0.29) is 5.78 Å². The topological polar surface area (TPSA) is 40.9 Å². The standard InChI is InChI=1S/C7H11NO/c1-7(9)5-3-2-4-6-8/h2-5H2,1H3. The Morgan fingerprint density at radius 2 is 2.22 bits per heavy atom. The van der Waals surface area contributed by atoms with Crippen LogP contribution in [0, 0.1) is 11.3 Å². The van der Waals surface area contributed by atoms with Crippen LogP contribution < -0.4 is 0 Å². The zero-order valence-electron chi connectivity index (χ0n) is 5.68. The minimum absolute atomic E-state index is 0.216. The SMILES string of the molecule is CC(=O)CCCCC#N. The smallest absolute Gasteiger partial charge is 0.129 e. The normalized spacial score (nSPS) is 8.44. The molecule has 0 saturated carbocycles. The minimum atomic E-state index is 0.216. The summed E-state index contributed by atoms with van der Waals surface area (Å²) in [6, 6.07) is 2.03. The maximum atomic E-state index is 10.3. The molecule has 0 radical (unpaired) electrons. The molecule has 0 unspecified atom stereocenters. The van der Waals surface area contributed by atoms with E-state index in [4.69, 9.17) is 5.26 Å². The van der Waals surface area contributed by atoms with Crippen LogP contribution in [-0.2, 0) is 4.79 Å². The first-order valence-corrected chi connectivity index (χ1v) is 3.13. The van der Waals surface area contributed by atoms with Gasteiger partial charge in [0.05, 0.1) is 6.07 Å². The summed E-state index contributed by atoms with van der Waals surface area (Å²) in [5, 5.41) is 8.10. The van der Waals surface area contributed by atoms with Gasteiger partial charge in [0.2, 0.25) is 0 Å². The molecule has 50 valence electrons. The number of carbonyl (C=O) groups excluding carboxylic acids is 1. The van der Waals surface area contributed by atoms with Gasteiger partial charge >= 0.3 is 0 Å². The molecule has 9 heavy (non-hydrogen) atoms. The Balaban J connectivity index is 2.94. The second-order valence-corrected chi connectivity index (χ2v) is 2.07. The number of Topliss-reactive ketones (excluding diaryl/α,β-unsaturated/α-hetero) is 1. The van der Waals surface area contributed by atoms with Gasteiger partial charge in [-0.15, -0.1) is 0 Å². The lowest BCUT2D eigenvalue weighted by molar-refractivity contribution is -0.117. The first-order valence-electron chi connectivity index (χ1n) is 3.13. The molecule has 0 spiro atoms. The van der Waals surface area contributed by atoms with Crippen LogP contribution in [-0.4, -0.2) is 5.78 Å². The van der Waals surface area contributed by atoms with E-state index >= 15 is 0 Å². The number of hydrogen-bond acceptors (Lipinski definition) is 2. The number of nitriles is 1. The maximum absolute atomic E-state index is 10.3. The molecule has 0 atom stereocenters. The third-order valence-electron chi connectivity index (χ3n) is 1.07. The molecule has 2 heteroatoms. The quantitative estimate of drug-likeness (QED) is 0.536. The average molecular weight is 125 g/mol. The van der Waals surface area contributed by atoms with Gasteiger partial charge in [0.1, 0.15) is 5.78 Å². The van der Waals surface area contributed by atoms with E-state index < -0.39 is 0 Å². The number of hydrogen-bond donors (Lipinski definition) is 0. The summed E-state index contributed by atoms with van der Waals surface area (Å²) in [6.45, 7) is 1.58. The predicted molar refractivity (Wildman–Crippen MR) is 34.8 cm³/mol. The minimum Gasteiger partial charge on any atom is -0.300 e. The van der Waals surface area contributed by atoms with E-state index in [0.717, 1.165) is 12.8 Å². The van der Waals surface area contributed by atoms with Gasteiger partial charge in [-0.05, 0) is 19.8 Å². The van der Waals surface area contributed by atoms with E-state index in [1.165, 1.54) is 0 Å². The molecule has 0 N–H and O–H groups in total. The second kappa shape index (κ2) is 5.30. The summed E-state index contributed by atoms with van der Waals surface area (Å²) >= 11 is 0. The highest BCUT2D eigenvalue weighted by molar-refractivity contribution is 5.75. The third kappa shape index (κ3) is 7.16. The van der Waals surface area contributed by atoms with Crippen molar-refractivity contribution in [3.05, 3.63) is 0 Å². The first-order chi connectivity index (χ1) is 4.27. The van der Waals surface area contributed by atoms with Gasteiger partial charge in [-0.25, -0.2) is 0 Å². The molecule has 0 bridgehead atoms. The molecular formula is C7H11NO. The molecule has 0 saturated heterocycles. The molecule has 0 heterocycles. The number of carbonyl (C=O) groups is 1. The Bertz CT molecular complexity index is 123. The van der Waals surface area contributed by atoms with Crippen molar-refractivity contribution in [2.45, 2.75) is 32.6 Å². The molecular weight excluding hydrogens is 114 g/mol. The van der Waals surface area contributed by atoms with E-state index in [1.807, 2.05) is 6.07 Å². The van der Waals surface area contributed by atoms with Crippen LogP contribution in [0.3, 0.4) is 0 Å². The lowest BCUT2D eigenvalue weighted by Gasteiger charge is -1.89. The fourth-order valence-corrected chi connectivity index (χ4v) is 0.578. The largest absolute Gasteiger partial charge is 0.300 e. The zero-order chi connectivity index (χ0) is 7.11. The number of unbranched alkanes of at least 4 members (excludes halogenated alkanes) is 2. The van der Waals surface area contributed by atoms with Crippen LogP contribution in [0.4, 0.5) is 0 Å². The number of rotatable bonds is 4. The Labute approximate surface area is 55.5 Å². The van der Waals surface area contributed by atoms with Gasteiger partial charge in [-0.3, -0.25) is 0 Å². The summed E-state index contributed by atoms with van der Waals surface area (Å²) in [6.07, 6.45) is 2.92. The molecule has 0 fully saturated rings. The Kier molecular flexibility index (Phi) is 4.81. The van der Waals surface area contributed by atoms with Crippen molar-refractivity contribution >= 4 is 5.78 Å². The van der Waals surface area contributed by atoms with Crippen LogP contribution in [0.1, 0.15) is 32.6 Å². The average Bonchev–Trinajstić information content (AvgIpc) is 1.80.